The summed E-state index contributed by atoms with van der Waals surface area (Å²) in [6, 6.07) is 62.3. The summed E-state index contributed by atoms with van der Waals surface area (Å²) in [7, 11) is 0. The van der Waals surface area contributed by atoms with E-state index in [1.807, 2.05) is 6.07 Å². The summed E-state index contributed by atoms with van der Waals surface area (Å²) >= 11 is 0. The van der Waals surface area contributed by atoms with E-state index in [4.69, 9.17) is 0 Å². The van der Waals surface area contributed by atoms with Crippen molar-refractivity contribution in [2.24, 2.45) is 0 Å². The van der Waals surface area contributed by atoms with E-state index < -0.39 is 0 Å². The first kappa shape index (κ1) is 30.5. The Morgan fingerprint density at radius 2 is 0.729 bits per heavy atom. The van der Waals surface area contributed by atoms with Gasteiger partial charge in [-0.15, -0.1) is 0 Å². The van der Waals surface area contributed by atoms with Gasteiger partial charge in [-0.05, 0) is 107 Å². The van der Waals surface area contributed by atoms with Crippen LogP contribution in [-0.4, -0.2) is 4.98 Å². The van der Waals surface area contributed by atoms with Crippen molar-refractivity contribution in [3.8, 4) is 33.6 Å². The molecule has 0 unspecified atom stereocenters. The summed E-state index contributed by atoms with van der Waals surface area (Å²) in [6.07, 6.45) is 4.41. The quantitative estimate of drug-likeness (QED) is 0.160. The lowest BCUT2D eigenvalue weighted by atomic mass is 10.0. The summed E-state index contributed by atoms with van der Waals surface area (Å²) in [6.45, 7) is 4.33. The highest BCUT2D eigenvalue weighted by molar-refractivity contribution is 5.81. The molecule has 232 valence electrons. The van der Waals surface area contributed by atoms with E-state index >= 15 is 0 Å². The molecule has 0 aliphatic carbocycles. The van der Waals surface area contributed by atoms with Crippen LogP contribution in [0.4, 0.5) is 17.1 Å². The Labute approximate surface area is 284 Å². The average molecular weight is 619 g/mol. The van der Waals surface area contributed by atoms with Gasteiger partial charge < -0.3 is 9.88 Å². The van der Waals surface area contributed by atoms with Gasteiger partial charge >= 0.3 is 0 Å². The largest absolute Gasteiger partial charge is 0.355 e. The molecule has 0 saturated carbocycles. The number of nitrogens with one attached hydrogen (secondary N) is 1. The molecule has 48 heavy (non-hydrogen) atoms. The number of hydrogen-bond donors (Lipinski definition) is 1. The molecule has 0 fully saturated rings. The Morgan fingerprint density at radius 3 is 1.23 bits per heavy atom. The summed E-state index contributed by atoms with van der Waals surface area (Å²) < 4.78 is 0. The summed E-state index contributed by atoms with van der Waals surface area (Å²) in [5.41, 5.74) is 15.2. The van der Waals surface area contributed by atoms with Gasteiger partial charge in [0.05, 0.1) is 0 Å². The highest BCUT2D eigenvalue weighted by Gasteiger charge is 2.14. The molecule has 0 amide bonds. The molecular formula is C46H38N2. The zero-order chi connectivity index (χ0) is 32.7. The number of rotatable bonds is 9. The number of hydrogen-bond acceptors (Lipinski definition) is 1. The van der Waals surface area contributed by atoms with Crippen LogP contribution in [0.25, 0.3) is 44.8 Å². The van der Waals surface area contributed by atoms with E-state index in [1.54, 1.807) is 0 Å². The minimum absolute atomic E-state index is 1.10. The van der Waals surface area contributed by atoms with Gasteiger partial charge in [0, 0.05) is 28.5 Å². The van der Waals surface area contributed by atoms with Gasteiger partial charge in [-0.25, -0.2) is 0 Å². The minimum Gasteiger partial charge on any atom is -0.355 e. The number of aromatic amines is 1. The summed E-state index contributed by atoms with van der Waals surface area (Å²) in [5, 5.41) is 0. The van der Waals surface area contributed by atoms with Crippen molar-refractivity contribution in [3.05, 3.63) is 199 Å². The Morgan fingerprint density at radius 1 is 0.375 bits per heavy atom. The molecule has 0 atom stereocenters. The molecule has 0 radical (unpaired) electrons. The Hall–Kier alpha value is -6.12. The number of allylic oxidation sites excluding steroid dienone is 4. The molecule has 2 nitrogen and oxygen atoms in total. The third kappa shape index (κ3) is 6.84. The maximum atomic E-state index is 3.60. The van der Waals surface area contributed by atoms with Gasteiger partial charge in [-0.1, -0.05) is 140 Å². The van der Waals surface area contributed by atoms with Crippen molar-refractivity contribution in [2.45, 2.75) is 13.8 Å². The number of anilines is 3. The number of H-pyrrole nitrogens is 1. The highest BCUT2D eigenvalue weighted by Crippen LogP contribution is 2.37. The van der Waals surface area contributed by atoms with Gasteiger partial charge in [0.15, 0.2) is 0 Å². The maximum Gasteiger partial charge on any atom is 0.0462 e. The van der Waals surface area contributed by atoms with Crippen molar-refractivity contribution in [2.75, 3.05) is 4.90 Å². The van der Waals surface area contributed by atoms with Crippen LogP contribution in [0.15, 0.2) is 188 Å². The van der Waals surface area contributed by atoms with Crippen LogP contribution in [-0.2, 0) is 0 Å². The summed E-state index contributed by atoms with van der Waals surface area (Å²) in [5.74, 6) is 0. The standard InChI is InChI=1S/C46H38N2/c1-34(36-12-6-3-7-13-36)18-19-35(2)37-20-26-42(27-21-37)48(43-28-22-39(23-29-43)38-14-8-4-9-15-38)44-30-24-41(25-31-44)46-33-32-45(47-46)40-16-10-5-11-17-40/h3-33,47H,1-2H3/b34-18+,35-19+. The molecule has 0 bridgehead atoms. The SMILES string of the molecule is C/C(=C\C=C(/C)c1ccc(N(c2ccc(-c3ccccc3)cc2)c2ccc(-c3ccc(-c4ccccc4)[nH]3)cc2)cc1)c1ccccc1. The second-order valence-corrected chi connectivity index (χ2v) is 12.1. The molecule has 1 heterocycles. The fourth-order valence-corrected chi connectivity index (χ4v) is 6.04. The van der Waals surface area contributed by atoms with Crippen LogP contribution < -0.4 is 4.90 Å². The van der Waals surface area contributed by atoms with Gasteiger partial charge in [-0.2, -0.15) is 0 Å². The fraction of sp³-hybridized carbons (Fsp3) is 0.0435. The first-order valence-electron chi connectivity index (χ1n) is 16.4. The van der Waals surface area contributed by atoms with Crippen molar-refractivity contribution in [1.82, 2.24) is 4.98 Å². The van der Waals surface area contributed by atoms with Gasteiger partial charge in [0.2, 0.25) is 0 Å². The Balaban J connectivity index is 1.19. The molecule has 7 rings (SSSR count). The van der Waals surface area contributed by atoms with Crippen LogP contribution in [0.3, 0.4) is 0 Å². The second-order valence-electron chi connectivity index (χ2n) is 12.1. The van der Waals surface area contributed by atoms with Crippen molar-refractivity contribution in [3.63, 3.8) is 0 Å². The normalized spacial score (nSPS) is 11.8. The van der Waals surface area contributed by atoms with E-state index in [0.717, 1.165) is 34.0 Å². The Bertz CT molecular complexity index is 2140. The van der Waals surface area contributed by atoms with E-state index in [1.165, 1.54) is 39.0 Å². The van der Waals surface area contributed by atoms with Crippen LogP contribution in [0.5, 0.6) is 0 Å². The lowest BCUT2D eigenvalue weighted by Gasteiger charge is -2.26. The molecule has 0 saturated heterocycles. The first-order chi connectivity index (χ1) is 23.6. The number of nitrogens with zero attached hydrogens (tertiary/aromatic N) is 1. The zero-order valence-electron chi connectivity index (χ0n) is 27.3. The predicted molar refractivity (Wildman–Crippen MR) is 206 cm³/mol. The molecule has 6 aromatic carbocycles. The topological polar surface area (TPSA) is 19.0 Å². The predicted octanol–water partition coefficient (Wildman–Crippen LogP) is 13.0. The van der Waals surface area contributed by atoms with Crippen LogP contribution in [0.1, 0.15) is 25.0 Å². The van der Waals surface area contributed by atoms with Gasteiger partial charge in [0.25, 0.3) is 0 Å². The molecule has 0 aliphatic rings. The zero-order valence-corrected chi connectivity index (χ0v) is 27.3. The smallest absolute Gasteiger partial charge is 0.0462 e. The van der Waals surface area contributed by atoms with E-state index in [9.17, 15) is 0 Å². The van der Waals surface area contributed by atoms with Gasteiger partial charge in [0.1, 0.15) is 0 Å². The maximum absolute atomic E-state index is 3.60. The molecule has 2 heteroatoms. The molecule has 1 aromatic heterocycles. The fourth-order valence-electron chi connectivity index (χ4n) is 6.04. The average Bonchev–Trinajstić information content (AvgIpc) is 3.66. The Kier molecular flexibility index (Phi) is 8.97. The van der Waals surface area contributed by atoms with E-state index in [0.29, 0.717) is 0 Å². The van der Waals surface area contributed by atoms with Crippen LogP contribution >= 0.6 is 0 Å². The third-order valence-corrected chi connectivity index (χ3v) is 8.83. The monoisotopic (exact) mass is 618 g/mol. The molecule has 0 aliphatic heterocycles. The molecular weight excluding hydrogens is 581 g/mol. The van der Waals surface area contributed by atoms with Crippen LogP contribution in [0.2, 0.25) is 0 Å². The molecule has 0 spiro atoms. The molecule has 7 aromatic rings. The van der Waals surface area contributed by atoms with Crippen LogP contribution in [0, 0.1) is 0 Å². The number of benzene rings is 6. The molecule has 1 N–H and O–H groups in total. The van der Waals surface area contributed by atoms with Crippen molar-refractivity contribution in [1.29, 1.82) is 0 Å². The third-order valence-electron chi connectivity index (χ3n) is 8.83. The second kappa shape index (κ2) is 14.1. The minimum atomic E-state index is 1.10. The number of aromatic nitrogens is 1. The van der Waals surface area contributed by atoms with Crippen molar-refractivity contribution < 1.29 is 0 Å². The van der Waals surface area contributed by atoms with E-state index in [-0.39, 0.29) is 0 Å². The van der Waals surface area contributed by atoms with Crippen molar-refractivity contribution >= 4 is 28.2 Å². The lowest BCUT2D eigenvalue weighted by molar-refractivity contribution is 1.28. The summed E-state index contributed by atoms with van der Waals surface area (Å²) in [4.78, 5) is 5.92. The first-order valence-corrected chi connectivity index (χ1v) is 16.4. The van der Waals surface area contributed by atoms with E-state index in [2.05, 4.69) is 206 Å². The lowest BCUT2D eigenvalue weighted by Crippen LogP contribution is -2.09. The van der Waals surface area contributed by atoms with Gasteiger partial charge in [-0.3, -0.25) is 0 Å². The highest BCUT2D eigenvalue weighted by atomic mass is 15.1.